The van der Waals surface area contributed by atoms with Gasteiger partial charge in [-0.05, 0) is 6.42 Å². The second-order valence-corrected chi connectivity index (χ2v) is 3.33. The van der Waals surface area contributed by atoms with Gasteiger partial charge in [0.05, 0.1) is 19.8 Å². The highest BCUT2D eigenvalue weighted by atomic mass is 19.4. The van der Waals surface area contributed by atoms with Gasteiger partial charge in [-0.3, -0.25) is 4.90 Å². The molecule has 0 aliphatic carbocycles. The number of nitrogens with zero attached hydrogens (tertiary/aromatic N) is 1. The van der Waals surface area contributed by atoms with E-state index in [-0.39, 0.29) is 19.2 Å². The fraction of sp³-hybridized carbons (Fsp3) is 1.00. The number of rotatable bonds is 4. The van der Waals surface area contributed by atoms with Gasteiger partial charge < -0.3 is 9.84 Å². The molecular formula is C8H14F3NO2. The van der Waals surface area contributed by atoms with E-state index in [1.807, 2.05) is 0 Å². The Hall–Kier alpha value is -0.330. The molecule has 0 radical (unpaired) electrons. The Balaban J connectivity index is 2.45. The van der Waals surface area contributed by atoms with Crippen molar-refractivity contribution in [3.63, 3.8) is 0 Å². The molecule has 0 saturated carbocycles. The molecule has 1 N–H and O–H groups in total. The first-order valence-electron chi connectivity index (χ1n) is 4.52. The van der Waals surface area contributed by atoms with E-state index in [9.17, 15) is 13.2 Å². The van der Waals surface area contributed by atoms with Crippen LogP contribution in [0.2, 0.25) is 0 Å². The van der Waals surface area contributed by atoms with E-state index in [4.69, 9.17) is 9.84 Å². The molecule has 1 aliphatic heterocycles. The van der Waals surface area contributed by atoms with E-state index in [0.29, 0.717) is 19.6 Å². The number of ether oxygens (including phenoxy) is 1. The van der Waals surface area contributed by atoms with Gasteiger partial charge in [-0.2, -0.15) is 13.2 Å². The number of aliphatic hydroxyl groups is 1. The van der Waals surface area contributed by atoms with Crippen LogP contribution in [0.25, 0.3) is 0 Å². The molecule has 1 saturated heterocycles. The van der Waals surface area contributed by atoms with Gasteiger partial charge in [0, 0.05) is 19.2 Å². The van der Waals surface area contributed by atoms with Crippen LogP contribution in [-0.4, -0.2) is 55.1 Å². The molecule has 14 heavy (non-hydrogen) atoms. The fourth-order valence-electron chi connectivity index (χ4n) is 1.56. The Kier molecular flexibility index (Phi) is 4.15. The Morgan fingerprint density at radius 1 is 1.43 bits per heavy atom. The third kappa shape index (κ3) is 3.81. The van der Waals surface area contributed by atoms with E-state index in [1.54, 1.807) is 0 Å². The molecule has 0 aromatic carbocycles. The molecule has 1 unspecified atom stereocenters. The predicted octanol–water partition coefficient (Wildman–Crippen LogP) is 0.632. The molecule has 1 fully saturated rings. The molecule has 0 spiro atoms. The van der Waals surface area contributed by atoms with Crippen LogP contribution in [0.4, 0.5) is 13.2 Å². The van der Waals surface area contributed by atoms with Crippen molar-refractivity contribution in [3.05, 3.63) is 0 Å². The summed E-state index contributed by atoms with van der Waals surface area (Å²) < 4.78 is 41.4. The molecule has 6 heteroatoms. The maximum Gasteiger partial charge on any atom is 0.401 e. The van der Waals surface area contributed by atoms with Crippen LogP contribution in [0.1, 0.15) is 6.42 Å². The lowest BCUT2D eigenvalue weighted by Gasteiger charge is -2.27. The lowest BCUT2D eigenvalue weighted by molar-refractivity contribution is -0.151. The van der Waals surface area contributed by atoms with E-state index in [2.05, 4.69) is 0 Å². The Labute approximate surface area is 80.5 Å². The lowest BCUT2D eigenvalue weighted by Crippen LogP contribution is -2.43. The first kappa shape index (κ1) is 11.7. The molecule has 0 amide bonds. The minimum Gasteiger partial charge on any atom is -0.395 e. The largest absolute Gasteiger partial charge is 0.401 e. The zero-order chi connectivity index (χ0) is 10.6. The summed E-state index contributed by atoms with van der Waals surface area (Å²) in [7, 11) is 0. The van der Waals surface area contributed by atoms with E-state index >= 15 is 0 Å². The normalized spacial score (nSPS) is 23.4. The monoisotopic (exact) mass is 213 g/mol. The van der Waals surface area contributed by atoms with Gasteiger partial charge in [0.25, 0.3) is 0 Å². The van der Waals surface area contributed by atoms with Gasteiger partial charge in [-0.25, -0.2) is 0 Å². The maximum absolute atomic E-state index is 12.1. The van der Waals surface area contributed by atoms with Crippen molar-refractivity contribution >= 4 is 0 Å². The minimum atomic E-state index is -4.21. The number of halogens is 3. The summed E-state index contributed by atoms with van der Waals surface area (Å²) in [5, 5.41) is 8.64. The van der Waals surface area contributed by atoms with Gasteiger partial charge in [0.2, 0.25) is 0 Å². The second-order valence-electron chi connectivity index (χ2n) is 3.33. The van der Waals surface area contributed by atoms with Crippen molar-refractivity contribution in [3.8, 4) is 0 Å². The van der Waals surface area contributed by atoms with E-state index in [0.717, 1.165) is 0 Å². The van der Waals surface area contributed by atoms with Crippen LogP contribution < -0.4 is 0 Å². The number of alkyl halides is 3. The van der Waals surface area contributed by atoms with Gasteiger partial charge in [-0.1, -0.05) is 0 Å². The molecule has 0 bridgehead atoms. The SMILES string of the molecule is OCCN(CC(F)(F)F)C1CCOC1. The van der Waals surface area contributed by atoms with Gasteiger partial charge in [0.15, 0.2) is 0 Å². The van der Waals surface area contributed by atoms with Crippen molar-refractivity contribution < 1.29 is 23.0 Å². The molecule has 0 aromatic heterocycles. The maximum atomic E-state index is 12.1. The first-order chi connectivity index (χ1) is 6.53. The number of hydrogen-bond acceptors (Lipinski definition) is 3. The van der Waals surface area contributed by atoms with Crippen molar-refractivity contribution in [1.29, 1.82) is 0 Å². The standard InChI is InChI=1S/C8H14F3NO2/c9-8(10,11)6-12(2-3-13)7-1-4-14-5-7/h7,13H,1-6H2. The van der Waals surface area contributed by atoms with E-state index < -0.39 is 12.7 Å². The minimum absolute atomic E-state index is 0.0491. The highest BCUT2D eigenvalue weighted by molar-refractivity contribution is 4.77. The molecule has 3 nitrogen and oxygen atoms in total. The Bertz CT molecular complexity index is 168. The topological polar surface area (TPSA) is 32.7 Å². The summed E-state index contributed by atoms with van der Waals surface area (Å²) >= 11 is 0. The van der Waals surface area contributed by atoms with Crippen LogP contribution in [0.5, 0.6) is 0 Å². The van der Waals surface area contributed by atoms with Gasteiger partial charge >= 0.3 is 6.18 Å². The van der Waals surface area contributed by atoms with Crippen molar-refractivity contribution in [2.75, 3.05) is 32.9 Å². The number of aliphatic hydroxyl groups excluding tert-OH is 1. The van der Waals surface area contributed by atoms with Gasteiger partial charge in [0.1, 0.15) is 0 Å². The summed E-state index contributed by atoms with van der Waals surface area (Å²) in [6.45, 7) is -0.345. The quantitative estimate of drug-likeness (QED) is 0.743. The molecule has 1 aliphatic rings. The predicted molar refractivity (Wildman–Crippen MR) is 43.9 cm³/mol. The summed E-state index contributed by atoms with van der Waals surface area (Å²) in [4.78, 5) is 1.23. The third-order valence-corrected chi connectivity index (χ3v) is 2.19. The average Bonchev–Trinajstić information content (AvgIpc) is 2.52. The summed E-state index contributed by atoms with van der Waals surface area (Å²) in [5.74, 6) is 0. The van der Waals surface area contributed by atoms with Crippen LogP contribution in [-0.2, 0) is 4.74 Å². The zero-order valence-electron chi connectivity index (χ0n) is 7.76. The van der Waals surface area contributed by atoms with E-state index in [1.165, 1.54) is 4.90 Å². The molecular weight excluding hydrogens is 199 g/mol. The lowest BCUT2D eigenvalue weighted by atomic mass is 10.2. The first-order valence-corrected chi connectivity index (χ1v) is 4.52. The molecule has 1 heterocycles. The average molecular weight is 213 g/mol. The molecule has 84 valence electrons. The Morgan fingerprint density at radius 2 is 2.14 bits per heavy atom. The van der Waals surface area contributed by atoms with Gasteiger partial charge in [-0.15, -0.1) is 0 Å². The van der Waals surface area contributed by atoms with Crippen LogP contribution in [0.15, 0.2) is 0 Å². The fourth-order valence-corrected chi connectivity index (χ4v) is 1.56. The van der Waals surface area contributed by atoms with Crippen molar-refractivity contribution in [2.24, 2.45) is 0 Å². The third-order valence-electron chi connectivity index (χ3n) is 2.19. The second kappa shape index (κ2) is 4.95. The Morgan fingerprint density at radius 3 is 2.57 bits per heavy atom. The summed E-state index contributed by atoms with van der Waals surface area (Å²) in [5.41, 5.74) is 0. The van der Waals surface area contributed by atoms with Crippen LogP contribution in [0, 0.1) is 0 Å². The summed E-state index contributed by atoms with van der Waals surface area (Å²) in [6, 6.07) is -0.205. The number of hydrogen-bond donors (Lipinski definition) is 1. The smallest absolute Gasteiger partial charge is 0.395 e. The highest BCUT2D eigenvalue weighted by Crippen LogP contribution is 2.20. The summed E-state index contributed by atoms with van der Waals surface area (Å²) in [6.07, 6.45) is -3.60. The molecule has 1 rings (SSSR count). The molecule has 1 atom stereocenters. The van der Waals surface area contributed by atoms with Crippen LogP contribution >= 0.6 is 0 Å². The van der Waals surface area contributed by atoms with Crippen molar-refractivity contribution in [1.82, 2.24) is 4.90 Å². The molecule has 0 aromatic rings. The van der Waals surface area contributed by atoms with Crippen molar-refractivity contribution in [2.45, 2.75) is 18.6 Å². The van der Waals surface area contributed by atoms with Crippen LogP contribution in [0.3, 0.4) is 0 Å². The highest BCUT2D eigenvalue weighted by Gasteiger charge is 2.34. The zero-order valence-corrected chi connectivity index (χ0v) is 7.76.